The summed E-state index contributed by atoms with van der Waals surface area (Å²) >= 11 is 0. The van der Waals surface area contributed by atoms with Gasteiger partial charge in [-0.3, -0.25) is 4.79 Å². The van der Waals surface area contributed by atoms with Crippen molar-refractivity contribution in [1.29, 1.82) is 0 Å². The van der Waals surface area contributed by atoms with Crippen LogP contribution in [0.15, 0.2) is 12.1 Å². The zero-order valence-electron chi connectivity index (χ0n) is 10.9. The van der Waals surface area contributed by atoms with E-state index in [4.69, 9.17) is 14.2 Å². The first-order valence-corrected chi connectivity index (χ1v) is 6.33. The highest BCUT2D eigenvalue weighted by Gasteiger charge is 2.17. The molecule has 0 aliphatic carbocycles. The molecular formula is C14H18O5. The topological polar surface area (TPSA) is 65.0 Å². The van der Waals surface area contributed by atoms with Crippen LogP contribution in [0.4, 0.5) is 0 Å². The molecule has 1 aromatic carbocycles. The van der Waals surface area contributed by atoms with E-state index in [1.165, 1.54) is 13.2 Å². The van der Waals surface area contributed by atoms with Gasteiger partial charge >= 0.3 is 0 Å². The maximum atomic E-state index is 10.9. The molecule has 1 aromatic rings. The lowest BCUT2D eigenvalue weighted by atomic mass is 10.1. The monoisotopic (exact) mass is 266 g/mol. The molecule has 1 fully saturated rings. The van der Waals surface area contributed by atoms with E-state index in [0.29, 0.717) is 24.2 Å². The number of carbonyl (C=O) groups excluding carboxylic acids is 1. The molecule has 0 amide bonds. The third-order valence-corrected chi connectivity index (χ3v) is 3.04. The van der Waals surface area contributed by atoms with Crippen LogP contribution >= 0.6 is 0 Å². The summed E-state index contributed by atoms with van der Waals surface area (Å²) < 4.78 is 16.2. The second kappa shape index (κ2) is 6.54. The van der Waals surface area contributed by atoms with Crippen LogP contribution < -0.4 is 4.74 Å². The third-order valence-electron chi connectivity index (χ3n) is 3.04. The van der Waals surface area contributed by atoms with Crippen LogP contribution in [0.3, 0.4) is 0 Å². The van der Waals surface area contributed by atoms with Gasteiger partial charge in [0, 0.05) is 19.6 Å². The van der Waals surface area contributed by atoms with Gasteiger partial charge in [0.15, 0.2) is 12.6 Å². The summed E-state index contributed by atoms with van der Waals surface area (Å²) in [6.07, 6.45) is 3.27. The Hall–Kier alpha value is -1.59. The highest BCUT2D eigenvalue weighted by atomic mass is 16.7. The third kappa shape index (κ3) is 3.45. The highest BCUT2D eigenvalue weighted by Crippen LogP contribution is 2.29. The molecular weight excluding hydrogens is 248 g/mol. The van der Waals surface area contributed by atoms with Gasteiger partial charge in [0.1, 0.15) is 11.5 Å². The van der Waals surface area contributed by atoms with E-state index in [9.17, 15) is 9.90 Å². The Labute approximate surface area is 112 Å². The molecule has 1 aliphatic heterocycles. The molecule has 1 N–H and O–H groups in total. The summed E-state index contributed by atoms with van der Waals surface area (Å²) in [6.45, 7) is 0.929. The molecule has 2 rings (SSSR count). The molecule has 0 saturated carbocycles. The first kappa shape index (κ1) is 13.8. The first-order chi connectivity index (χ1) is 9.24. The number of methoxy groups -OCH3 is 1. The first-order valence-electron chi connectivity index (χ1n) is 6.33. The SMILES string of the molecule is COCc1cc(OC2CCCCO2)cc(O)c1C=O. The van der Waals surface area contributed by atoms with Crippen LogP contribution in [0.1, 0.15) is 35.2 Å². The van der Waals surface area contributed by atoms with E-state index >= 15 is 0 Å². The second-order valence-corrected chi connectivity index (χ2v) is 4.48. The maximum Gasteiger partial charge on any atom is 0.199 e. The van der Waals surface area contributed by atoms with Gasteiger partial charge in [0.25, 0.3) is 0 Å². The van der Waals surface area contributed by atoms with E-state index in [0.717, 1.165) is 19.3 Å². The Morgan fingerprint density at radius 1 is 1.47 bits per heavy atom. The van der Waals surface area contributed by atoms with Crippen LogP contribution in [0.5, 0.6) is 11.5 Å². The number of hydrogen-bond donors (Lipinski definition) is 1. The minimum Gasteiger partial charge on any atom is -0.507 e. The maximum absolute atomic E-state index is 10.9. The summed E-state index contributed by atoms with van der Waals surface area (Å²) in [6, 6.07) is 3.13. The van der Waals surface area contributed by atoms with Crippen LogP contribution in [0.2, 0.25) is 0 Å². The number of hydrogen-bond acceptors (Lipinski definition) is 5. The average Bonchev–Trinajstić information content (AvgIpc) is 2.40. The van der Waals surface area contributed by atoms with Gasteiger partial charge in [-0.05, 0) is 24.5 Å². The van der Waals surface area contributed by atoms with Gasteiger partial charge in [0.05, 0.1) is 18.8 Å². The number of aldehydes is 1. The number of aromatic hydroxyl groups is 1. The Morgan fingerprint density at radius 3 is 2.95 bits per heavy atom. The normalized spacial score (nSPS) is 19.1. The highest BCUT2D eigenvalue weighted by molar-refractivity contribution is 5.82. The van der Waals surface area contributed by atoms with Gasteiger partial charge in [-0.1, -0.05) is 0 Å². The summed E-state index contributed by atoms with van der Waals surface area (Å²) in [5.74, 6) is 0.386. The van der Waals surface area contributed by atoms with Crippen molar-refractivity contribution in [3.63, 3.8) is 0 Å². The number of phenols is 1. The van der Waals surface area contributed by atoms with Crippen LogP contribution in [-0.4, -0.2) is 31.4 Å². The quantitative estimate of drug-likeness (QED) is 0.828. The van der Waals surface area contributed by atoms with Crippen molar-refractivity contribution in [3.8, 4) is 11.5 Å². The van der Waals surface area contributed by atoms with Gasteiger partial charge < -0.3 is 19.3 Å². The average molecular weight is 266 g/mol. The molecule has 0 aromatic heterocycles. The second-order valence-electron chi connectivity index (χ2n) is 4.48. The fourth-order valence-corrected chi connectivity index (χ4v) is 2.10. The van der Waals surface area contributed by atoms with Crippen molar-refractivity contribution in [2.24, 2.45) is 0 Å². The standard InChI is InChI=1S/C14H18O5/c1-17-9-10-6-11(7-13(16)12(10)8-15)19-14-4-2-3-5-18-14/h6-8,14,16H,2-5,9H2,1H3. The largest absolute Gasteiger partial charge is 0.507 e. The van der Waals surface area contributed by atoms with Crippen LogP contribution in [0, 0.1) is 0 Å². The molecule has 1 atom stereocenters. The molecule has 19 heavy (non-hydrogen) atoms. The predicted octanol–water partition coefficient (Wildman–Crippen LogP) is 2.26. The lowest BCUT2D eigenvalue weighted by Crippen LogP contribution is -2.25. The van der Waals surface area contributed by atoms with Crippen molar-refractivity contribution in [2.45, 2.75) is 32.2 Å². The number of benzene rings is 1. The fraction of sp³-hybridized carbons (Fsp3) is 0.500. The molecule has 0 bridgehead atoms. The van der Waals surface area contributed by atoms with Gasteiger partial charge in [-0.2, -0.15) is 0 Å². The zero-order valence-corrected chi connectivity index (χ0v) is 10.9. The molecule has 5 nitrogen and oxygen atoms in total. The van der Waals surface area contributed by atoms with E-state index in [1.807, 2.05) is 0 Å². The molecule has 1 saturated heterocycles. The zero-order chi connectivity index (χ0) is 13.7. The molecule has 0 radical (unpaired) electrons. The molecule has 1 unspecified atom stereocenters. The Kier molecular flexibility index (Phi) is 4.76. The Morgan fingerprint density at radius 2 is 2.32 bits per heavy atom. The van der Waals surface area contributed by atoms with E-state index in [2.05, 4.69) is 0 Å². The van der Waals surface area contributed by atoms with E-state index in [1.54, 1.807) is 6.07 Å². The fourth-order valence-electron chi connectivity index (χ4n) is 2.10. The summed E-state index contributed by atoms with van der Waals surface area (Å²) in [5.41, 5.74) is 0.835. The van der Waals surface area contributed by atoms with Crippen LogP contribution in [0.25, 0.3) is 0 Å². The van der Waals surface area contributed by atoms with Crippen molar-refractivity contribution in [2.75, 3.05) is 13.7 Å². The number of phenolic OH excluding ortho intramolecular Hbond substituents is 1. The Bertz CT molecular complexity index is 438. The lowest BCUT2D eigenvalue weighted by molar-refractivity contribution is -0.106. The molecule has 104 valence electrons. The predicted molar refractivity (Wildman–Crippen MR) is 68.4 cm³/mol. The molecule has 5 heteroatoms. The smallest absolute Gasteiger partial charge is 0.199 e. The molecule has 1 heterocycles. The minimum absolute atomic E-state index is 0.102. The van der Waals surface area contributed by atoms with Gasteiger partial charge in [-0.25, -0.2) is 0 Å². The molecule has 0 spiro atoms. The van der Waals surface area contributed by atoms with E-state index < -0.39 is 0 Å². The van der Waals surface area contributed by atoms with Crippen molar-refractivity contribution in [3.05, 3.63) is 23.3 Å². The number of carbonyl (C=O) groups is 1. The summed E-state index contributed by atoms with van der Waals surface area (Å²) in [4.78, 5) is 10.9. The van der Waals surface area contributed by atoms with Crippen molar-refractivity contribution in [1.82, 2.24) is 0 Å². The lowest BCUT2D eigenvalue weighted by Gasteiger charge is -2.24. The Balaban J connectivity index is 2.18. The van der Waals surface area contributed by atoms with Crippen molar-refractivity contribution < 1.29 is 24.1 Å². The van der Waals surface area contributed by atoms with E-state index in [-0.39, 0.29) is 24.2 Å². The van der Waals surface area contributed by atoms with Crippen LogP contribution in [-0.2, 0) is 16.1 Å². The minimum atomic E-state index is -0.286. The van der Waals surface area contributed by atoms with Crippen molar-refractivity contribution >= 4 is 6.29 Å². The number of rotatable bonds is 5. The van der Waals surface area contributed by atoms with Gasteiger partial charge in [0.2, 0.25) is 0 Å². The summed E-state index contributed by atoms with van der Waals surface area (Å²) in [7, 11) is 1.53. The molecule has 1 aliphatic rings. The summed E-state index contributed by atoms with van der Waals surface area (Å²) in [5, 5.41) is 9.82. The van der Waals surface area contributed by atoms with Gasteiger partial charge in [-0.15, -0.1) is 0 Å². The number of ether oxygens (including phenoxy) is 3.